The van der Waals surface area contributed by atoms with E-state index in [2.05, 4.69) is 0 Å². The van der Waals surface area contributed by atoms with Crippen LogP contribution in [0.1, 0.15) is 0 Å². The van der Waals surface area contributed by atoms with Gasteiger partial charge in [0.2, 0.25) is 0 Å². The summed E-state index contributed by atoms with van der Waals surface area (Å²) in [5, 5.41) is 11.2. The Morgan fingerprint density at radius 1 is 1.19 bits per heavy atom. The molecular formula is C10H9ClN2O2S. The second kappa shape index (κ2) is 3.93. The van der Waals surface area contributed by atoms with E-state index in [1.165, 1.54) is 0 Å². The monoisotopic (exact) mass is 256 g/mol. The van der Waals surface area contributed by atoms with Crippen LogP contribution in [0, 0.1) is 0 Å². The van der Waals surface area contributed by atoms with Crippen LogP contribution in [0.25, 0.3) is 10.8 Å². The maximum Gasteiger partial charge on any atom is 0.147 e. The predicted octanol–water partition coefficient (Wildman–Crippen LogP) is 2.93. The zero-order valence-corrected chi connectivity index (χ0v) is 9.64. The Bertz CT molecular complexity index is 574. The summed E-state index contributed by atoms with van der Waals surface area (Å²) in [6.07, 6.45) is 0. The zero-order valence-electron chi connectivity index (χ0n) is 8.07. The molecule has 0 spiro atoms. The third-order valence-corrected chi connectivity index (χ3v) is 3.32. The summed E-state index contributed by atoms with van der Waals surface area (Å²) in [5.41, 5.74) is 11.8. The van der Waals surface area contributed by atoms with Gasteiger partial charge >= 0.3 is 0 Å². The van der Waals surface area contributed by atoms with Crippen molar-refractivity contribution in [2.24, 2.45) is 0 Å². The highest BCUT2D eigenvalue weighted by Gasteiger charge is 2.13. The standard InChI is InChI=1S/C10H9ClN2O2S/c11-8-5-3-7(16-15)9(13)10(14)4(5)1-2-6(8)12/h1-3,14-15H,12-13H2. The molecule has 0 fully saturated rings. The Morgan fingerprint density at radius 2 is 1.88 bits per heavy atom. The highest BCUT2D eigenvalue weighted by atomic mass is 35.5. The summed E-state index contributed by atoms with van der Waals surface area (Å²) in [6.45, 7) is 0. The minimum Gasteiger partial charge on any atom is -0.505 e. The number of hydrogen-bond acceptors (Lipinski definition) is 5. The molecule has 0 aliphatic carbocycles. The molecule has 0 aliphatic heterocycles. The number of fused-ring (bicyclic) bond motifs is 1. The number of phenols is 1. The second-order valence-electron chi connectivity index (χ2n) is 3.29. The Morgan fingerprint density at radius 3 is 2.50 bits per heavy atom. The molecule has 0 bridgehead atoms. The average Bonchev–Trinajstić information content (AvgIpc) is 2.28. The fourth-order valence-electron chi connectivity index (χ4n) is 1.50. The highest BCUT2D eigenvalue weighted by molar-refractivity contribution is 7.94. The number of rotatable bonds is 1. The van der Waals surface area contributed by atoms with Crippen molar-refractivity contribution in [3.05, 3.63) is 23.2 Å². The molecule has 2 aromatic carbocycles. The van der Waals surface area contributed by atoms with E-state index >= 15 is 0 Å². The fourth-order valence-corrected chi connectivity index (χ4v) is 2.09. The van der Waals surface area contributed by atoms with E-state index < -0.39 is 0 Å². The van der Waals surface area contributed by atoms with Crippen molar-refractivity contribution in [2.45, 2.75) is 4.90 Å². The summed E-state index contributed by atoms with van der Waals surface area (Å²) in [4.78, 5) is 0.345. The van der Waals surface area contributed by atoms with Crippen LogP contribution in [-0.2, 0) is 0 Å². The van der Waals surface area contributed by atoms with Crippen molar-refractivity contribution in [3.8, 4) is 5.75 Å². The van der Waals surface area contributed by atoms with Crippen molar-refractivity contribution in [2.75, 3.05) is 11.5 Å². The molecule has 0 unspecified atom stereocenters. The molecule has 0 aliphatic rings. The van der Waals surface area contributed by atoms with Crippen molar-refractivity contribution in [3.63, 3.8) is 0 Å². The molecule has 16 heavy (non-hydrogen) atoms. The molecular weight excluding hydrogens is 248 g/mol. The third-order valence-electron chi connectivity index (χ3n) is 2.36. The first kappa shape index (κ1) is 11.2. The van der Waals surface area contributed by atoms with Crippen LogP contribution >= 0.6 is 23.6 Å². The van der Waals surface area contributed by atoms with E-state index in [4.69, 9.17) is 27.6 Å². The fraction of sp³-hybridized carbons (Fsp3) is 0. The average molecular weight is 257 g/mol. The SMILES string of the molecule is Nc1ccc2c(O)c(N)c(SO)cc2c1Cl. The lowest BCUT2D eigenvalue weighted by Gasteiger charge is -2.10. The lowest BCUT2D eigenvalue weighted by Crippen LogP contribution is -1.93. The van der Waals surface area contributed by atoms with Crippen molar-refractivity contribution >= 4 is 45.8 Å². The number of anilines is 2. The van der Waals surface area contributed by atoms with E-state index in [0.29, 0.717) is 38.4 Å². The molecule has 0 atom stereocenters. The zero-order chi connectivity index (χ0) is 11.9. The van der Waals surface area contributed by atoms with Crippen molar-refractivity contribution in [1.82, 2.24) is 0 Å². The molecule has 0 heterocycles. The van der Waals surface area contributed by atoms with E-state index in [-0.39, 0.29) is 11.4 Å². The van der Waals surface area contributed by atoms with Gasteiger partial charge in [-0.3, -0.25) is 0 Å². The van der Waals surface area contributed by atoms with Gasteiger partial charge in [0.25, 0.3) is 0 Å². The summed E-state index contributed by atoms with van der Waals surface area (Å²) >= 11 is 6.47. The lowest BCUT2D eigenvalue weighted by atomic mass is 10.1. The van der Waals surface area contributed by atoms with Crippen LogP contribution in [0.5, 0.6) is 5.75 Å². The van der Waals surface area contributed by atoms with Gasteiger partial charge < -0.3 is 21.1 Å². The first-order chi connectivity index (χ1) is 7.56. The number of halogens is 1. The summed E-state index contributed by atoms with van der Waals surface area (Å²) in [5.74, 6) is -0.101. The van der Waals surface area contributed by atoms with E-state index in [1.54, 1.807) is 18.2 Å². The number of hydrogen-bond donors (Lipinski definition) is 4. The first-order valence-corrected chi connectivity index (χ1v) is 5.52. The molecule has 84 valence electrons. The van der Waals surface area contributed by atoms with Crippen LogP contribution in [0.2, 0.25) is 5.02 Å². The predicted molar refractivity (Wildman–Crippen MR) is 67.9 cm³/mol. The van der Waals surface area contributed by atoms with E-state index in [1.807, 2.05) is 0 Å². The molecule has 0 saturated heterocycles. The van der Waals surface area contributed by atoms with Crippen molar-refractivity contribution in [1.29, 1.82) is 0 Å². The second-order valence-corrected chi connectivity index (χ2v) is 4.29. The van der Waals surface area contributed by atoms with Gasteiger partial charge in [0, 0.05) is 22.8 Å². The van der Waals surface area contributed by atoms with Gasteiger partial charge in [-0.25, -0.2) is 0 Å². The normalized spacial score (nSPS) is 10.9. The van der Waals surface area contributed by atoms with Gasteiger partial charge in [0.15, 0.2) is 0 Å². The molecule has 2 aromatic rings. The summed E-state index contributed by atoms with van der Waals surface area (Å²) in [6, 6.07) is 4.82. The number of aromatic hydroxyl groups is 1. The van der Waals surface area contributed by atoms with Gasteiger partial charge in [-0.1, -0.05) is 11.6 Å². The van der Waals surface area contributed by atoms with Crippen LogP contribution in [-0.4, -0.2) is 9.66 Å². The largest absolute Gasteiger partial charge is 0.505 e. The molecule has 0 aromatic heterocycles. The van der Waals surface area contributed by atoms with Crippen LogP contribution in [0.4, 0.5) is 11.4 Å². The quantitative estimate of drug-likeness (QED) is 0.358. The topological polar surface area (TPSA) is 92.5 Å². The molecule has 0 radical (unpaired) electrons. The summed E-state index contributed by atoms with van der Waals surface area (Å²) in [7, 11) is 0. The smallest absolute Gasteiger partial charge is 0.147 e. The summed E-state index contributed by atoms with van der Waals surface area (Å²) < 4.78 is 9.01. The Balaban J connectivity index is 2.93. The van der Waals surface area contributed by atoms with Gasteiger partial charge in [-0.05, 0) is 18.2 Å². The number of nitrogens with two attached hydrogens (primary N) is 2. The lowest BCUT2D eigenvalue weighted by molar-refractivity contribution is 0.483. The number of phenolic OH excluding ortho intramolecular Hbond substituents is 1. The molecule has 0 saturated carbocycles. The van der Waals surface area contributed by atoms with E-state index in [9.17, 15) is 5.11 Å². The number of benzene rings is 2. The molecule has 6 N–H and O–H groups in total. The Hall–Kier alpha value is -1.30. The molecule has 2 rings (SSSR count). The van der Waals surface area contributed by atoms with E-state index in [0.717, 1.165) is 0 Å². The Labute approximate surface area is 101 Å². The van der Waals surface area contributed by atoms with Crippen LogP contribution < -0.4 is 11.5 Å². The highest BCUT2D eigenvalue weighted by Crippen LogP contribution is 2.41. The van der Waals surface area contributed by atoms with Gasteiger partial charge in [-0.15, -0.1) is 0 Å². The minimum atomic E-state index is -0.101. The van der Waals surface area contributed by atoms with Gasteiger partial charge in [-0.2, -0.15) is 0 Å². The van der Waals surface area contributed by atoms with Crippen LogP contribution in [0.15, 0.2) is 23.1 Å². The molecule has 0 amide bonds. The Kier molecular flexibility index (Phi) is 2.75. The van der Waals surface area contributed by atoms with Gasteiger partial charge in [0.1, 0.15) is 5.75 Å². The maximum absolute atomic E-state index is 9.84. The van der Waals surface area contributed by atoms with Gasteiger partial charge in [0.05, 0.1) is 21.3 Å². The minimum absolute atomic E-state index is 0.101. The number of nitrogen functional groups attached to an aromatic ring is 2. The molecule has 4 nitrogen and oxygen atoms in total. The van der Waals surface area contributed by atoms with Crippen molar-refractivity contribution < 1.29 is 9.66 Å². The molecule has 6 heteroatoms. The van der Waals surface area contributed by atoms with Crippen LogP contribution in [0.3, 0.4) is 0 Å². The third kappa shape index (κ3) is 1.53. The first-order valence-electron chi connectivity index (χ1n) is 4.36. The maximum atomic E-state index is 9.84.